The van der Waals surface area contributed by atoms with E-state index < -0.39 is 39.4 Å². The van der Waals surface area contributed by atoms with E-state index in [-0.39, 0.29) is 6.42 Å². The van der Waals surface area contributed by atoms with Crippen molar-refractivity contribution in [2.24, 2.45) is 5.92 Å². The minimum Gasteiger partial charge on any atom is -0.453 e. The van der Waals surface area contributed by atoms with E-state index >= 15 is 0 Å². The molecule has 9 heteroatoms. The summed E-state index contributed by atoms with van der Waals surface area (Å²) < 4.78 is 71.1. The first-order chi connectivity index (χ1) is 13.2. The first-order valence-electron chi connectivity index (χ1n) is 8.19. The smallest absolute Gasteiger partial charge is 0.453 e. The Morgan fingerprint density at radius 1 is 0.964 bits per heavy atom. The molecular weight excluding hydrogens is 397 g/mol. The zero-order valence-corrected chi connectivity index (χ0v) is 15.1. The standard InChI is InChI=1S/C19H15F3O5S/c20-19(21,22)28(24,25)27-16-12-17(23)26-18(14-9-5-2-6-10-14)15(16)11-13-7-3-1-4-8-13/h1-10,12,15,18H,11H2/t15-,18+/m0/s1. The van der Waals surface area contributed by atoms with E-state index in [4.69, 9.17) is 4.74 Å². The van der Waals surface area contributed by atoms with Crippen LogP contribution in [0, 0.1) is 5.92 Å². The summed E-state index contributed by atoms with van der Waals surface area (Å²) in [6.07, 6.45) is -0.249. The maximum atomic E-state index is 12.8. The second kappa shape index (κ2) is 7.67. The third-order valence-electron chi connectivity index (χ3n) is 4.15. The zero-order chi connectivity index (χ0) is 20.4. The highest BCUT2D eigenvalue weighted by Gasteiger charge is 2.50. The van der Waals surface area contributed by atoms with Crippen molar-refractivity contribution in [3.05, 3.63) is 83.6 Å². The largest absolute Gasteiger partial charge is 0.534 e. The number of cyclic esters (lactones) is 1. The van der Waals surface area contributed by atoms with Gasteiger partial charge in [-0.1, -0.05) is 60.7 Å². The summed E-state index contributed by atoms with van der Waals surface area (Å²) in [5.41, 5.74) is -4.39. The third-order valence-corrected chi connectivity index (χ3v) is 5.13. The van der Waals surface area contributed by atoms with E-state index in [1.54, 1.807) is 60.7 Å². The van der Waals surface area contributed by atoms with Crippen molar-refractivity contribution >= 4 is 16.1 Å². The van der Waals surface area contributed by atoms with Gasteiger partial charge >= 0.3 is 21.6 Å². The van der Waals surface area contributed by atoms with Crippen LogP contribution in [-0.2, 0) is 30.3 Å². The lowest BCUT2D eigenvalue weighted by molar-refractivity contribution is -0.148. The van der Waals surface area contributed by atoms with Gasteiger partial charge in [-0.3, -0.25) is 0 Å². The molecule has 0 N–H and O–H groups in total. The summed E-state index contributed by atoms with van der Waals surface area (Å²) in [4.78, 5) is 11.9. The van der Waals surface area contributed by atoms with Crippen molar-refractivity contribution in [2.75, 3.05) is 0 Å². The fourth-order valence-electron chi connectivity index (χ4n) is 2.89. The van der Waals surface area contributed by atoms with E-state index in [9.17, 15) is 26.4 Å². The van der Waals surface area contributed by atoms with Crippen LogP contribution in [0.4, 0.5) is 13.2 Å². The monoisotopic (exact) mass is 412 g/mol. The average molecular weight is 412 g/mol. The summed E-state index contributed by atoms with van der Waals surface area (Å²) in [6, 6.07) is 17.0. The normalized spacial score (nSPS) is 20.2. The Morgan fingerprint density at radius 3 is 2.11 bits per heavy atom. The molecular formula is C19H15F3O5S. The van der Waals surface area contributed by atoms with Gasteiger partial charge in [0, 0.05) is 0 Å². The maximum Gasteiger partial charge on any atom is 0.534 e. The molecule has 2 atom stereocenters. The van der Waals surface area contributed by atoms with Crippen molar-refractivity contribution in [1.29, 1.82) is 0 Å². The molecule has 0 spiro atoms. The summed E-state index contributed by atoms with van der Waals surface area (Å²) in [7, 11) is -5.93. The van der Waals surface area contributed by atoms with E-state index in [1.165, 1.54) is 0 Å². The Bertz CT molecular complexity index is 970. The van der Waals surface area contributed by atoms with E-state index in [0.29, 0.717) is 17.2 Å². The second-order valence-corrected chi connectivity index (χ2v) is 7.63. The van der Waals surface area contributed by atoms with Gasteiger partial charge in [-0.05, 0) is 17.5 Å². The van der Waals surface area contributed by atoms with Crippen LogP contribution in [-0.4, -0.2) is 19.9 Å². The highest BCUT2D eigenvalue weighted by Crippen LogP contribution is 2.40. The fraction of sp³-hybridized carbons (Fsp3) is 0.211. The second-order valence-electron chi connectivity index (χ2n) is 6.09. The number of carbonyl (C=O) groups is 1. The van der Waals surface area contributed by atoms with Gasteiger partial charge in [0.15, 0.2) is 0 Å². The van der Waals surface area contributed by atoms with Gasteiger partial charge in [0.05, 0.1) is 12.0 Å². The number of hydrogen-bond donors (Lipinski definition) is 0. The molecule has 28 heavy (non-hydrogen) atoms. The van der Waals surface area contributed by atoms with Crippen LogP contribution in [0.25, 0.3) is 0 Å². The Hall–Kier alpha value is -2.81. The van der Waals surface area contributed by atoms with Crippen molar-refractivity contribution in [3.63, 3.8) is 0 Å². The molecule has 1 aliphatic rings. The van der Waals surface area contributed by atoms with Gasteiger partial charge in [0.2, 0.25) is 0 Å². The van der Waals surface area contributed by atoms with Gasteiger partial charge < -0.3 is 8.92 Å². The first-order valence-corrected chi connectivity index (χ1v) is 9.60. The number of carbonyl (C=O) groups excluding carboxylic acids is 1. The van der Waals surface area contributed by atoms with Gasteiger partial charge in [0.25, 0.3) is 0 Å². The molecule has 0 aromatic heterocycles. The first kappa shape index (κ1) is 19.9. The molecule has 0 fully saturated rings. The summed E-state index contributed by atoms with van der Waals surface area (Å²) in [5, 5.41) is 0. The Morgan fingerprint density at radius 2 is 1.54 bits per heavy atom. The molecule has 148 valence electrons. The number of esters is 1. The third kappa shape index (κ3) is 4.36. The van der Waals surface area contributed by atoms with Gasteiger partial charge in [-0.15, -0.1) is 0 Å². The van der Waals surface area contributed by atoms with Crippen LogP contribution in [0.15, 0.2) is 72.5 Å². The number of hydrogen-bond acceptors (Lipinski definition) is 5. The molecule has 1 aliphatic heterocycles. The molecule has 0 amide bonds. The van der Waals surface area contributed by atoms with Gasteiger partial charge in [0.1, 0.15) is 11.9 Å². The molecule has 0 aliphatic carbocycles. The van der Waals surface area contributed by atoms with Gasteiger partial charge in [-0.2, -0.15) is 21.6 Å². The molecule has 0 saturated carbocycles. The summed E-state index contributed by atoms with van der Waals surface area (Å²) >= 11 is 0. The SMILES string of the molecule is O=C1C=C(OS(=O)(=O)C(F)(F)F)[C@H](Cc2ccccc2)[C@@H](c2ccccc2)O1. The molecule has 0 unspecified atom stereocenters. The Balaban J connectivity index is 2.02. The minimum absolute atomic E-state index is 0.104. The molecule has 5 nitrogen and oxygen atoms in total. The lowest BCUT2D eigenvalue weighted by atomic mass is 9.86. The van der Waals surface area contributed by atoms with E-state index in [1.807, 2.05) is 0 Å². The lowest BCUT2D eigenvalue weighted by Crippen LogP contribution is -2.33. The van der Waals surface area contributed by atoms with Crippen molar-refractivity contribution in [2.45, 2.75) is 18.0 Å². The van der Waals surface area contributed by atoms with Gasteiger partial charge in [-0.25, -0.2) is 4.79 Å². The van der Waals surface area contributed by atoms with E-state index in [2.05, 4.69) is 4.18 Å². The zero-order valence-electron chi connectivity index (χ0n) is 14.3. The number of ether oxygens (including phenoxy) is 1. The molecule has 2 aromatic rings. The van der Waals surface area contributed by atoms with Crippen LogP contribution in [0.5, 0.6) is 0 Å². The van der Waals surface area contributed by atoms with Crippen molar-refractivity contribution in [1.82, 2.24) is 0 Å². The number of benzene rings is 2. The quantitative estimate of drug-likeness (QED) is 0.423. The van der Waals surface area contributed by atoms with Crippen LogP contribution in [0.3, 0.4) is 0 Å². The molecule has 1 heterocycles. The van der Waals surface area contributed by atoms with E-state index in [0.717, 1.165) is 0 Å². The molecule has 3 rings (SSSR count). The summed E-state index contributed by atoms with van der Waals surface area (Å²) in [6.45, 7) is 0. The molecule has 2 aromatic carbocycles. The van der Waals surface area contributed by atoms with Crippen LogP contribution < -0.4 is 0 Å². The topological polar surface area (TPSA) is 69.7 Å². The number of rotatable bonds is 5. The van der Waals surface area contributed by atoms with Crippen LogP contribution in [0.2, 0.25) is 0 Å². The number of alkyl halides is 3. The molecule has 0 bridgehead atoms. The lowest BCUT2D eigenvalue weighted by Gasteiger charge is -2.32. The van der Waals surface area contributed by atoms with Crippen molar-refractivity contribution in [3.8, 4) is 0 Å². The predicted molar refractivity (Wildman–Crippen MR) is 93.1 cm³/mol. The average Bonchev–Trinajstić information content (AvgIpc) is 2.64. The summed E-state index contributed by atoms with van der Waals surface area (Å²) in [5.74, 6) is -2.54. The minimum atomic E-state index is -5.93. The predicted octanol–water partition coefficient (Wildman–Crippen LogP) is 3.89. The Labute approximate surface area is 159 Å². The maximum absolute atomic E-state index is 12.8. The highest BCUT2D eigenvalue weighted by molar-refractivity contribution is 7.87. The molecule has 0 saturated heterocycles. The highest BCUT2D eigenvalue weighted by atomic mass is 32.2. The molecule has 0 radical (unpaired) electrons. The number of halogens is 3. The van der Waals surface area contributed by atoms with Crippen LogP contribution >= 0.6 is 0 Å². The van der Waals surface area contributed by atoms with Crippen LogP contribution in [0.1, 0.15) is 17.2 Å². The Kier molecular flexibility index (Phi) is 5.46. The van der Waals surface area contributed by atoms with Crippen molar-refractivity contribution < 1.29 is 35.3 Å². The fourth-order valence-corrected chi connectivity index (χ4v) is 3.41.